The maximum atomic E-state index is 12.3. The van der Waals surface area contributed by atoms with Crippen LogP contribution in [0, 0.1) is 19.8 Å². The number of hydrogen-bond acceptors (Lipinski definition) is 5. The number of nitrogens with one attached hydrogen (secondary N) is 2. The minimum atomic E-state index is -0.255. The number of thiazole rings is 1. The van der Waals surface area contributed by atoms with Crippen LogP contribution in [0.25, 0.3) is 0 Å². The summed E-state index contributed by atoms with van der Waals surface area (Å²) in [7, 11) is 0. The van der Waals surface area contributed by atoms with Crippen LogP contribution in [0.2, 0.25) is 0 Å². The first-order valence-electron chi connectivity index (χ1n) is 9.32. The number of aryl methyl sites for hydroxylation is 2. The molecule has 7 heteroatoms. The number of urea groups is 1. The summed E-state index contributed by atoms with van der Waals surface area (Å²) in [5.74, 6) is 1.34. The largest absolute Gasteiger partial charge is 0.493 e. The van der Waals surface area contributed by atoms with E-state index < -0.39 is 0 Å². The number of carbonyl (C=O) groups is 1. The second-order valence-corrected chi connectivity index (χ2v) is 8.24. The number of nitrogens with zero attached hydrogens (tertiary/aromatic N) is 1. The molecule has 2 N–H and O–H groups in total. The van der Waals surface area contributed by atoms with Crippen molar-refractivity contribution in [2.75, 3.05) is 25.1 Å². The summed E-state index contributed by atoms with van der Waals surface area (Å²) in [6.07, 6.45) is 3.89. The van der Waals surface area contributed by atoms with Crippen LogP contribution in [0.3, 0.4) is 0 Å². The molecule has 1 saturated heterocycles. The SMILES string of the molecule is Cc1cnc(C(C)NC(=O)Nc2ccc(C)c(OCC3CCOCC3)c2)s1. The van der Waals surface area contributed by atoms with Crippen molar-refractivity contribution in [2.45, 2.75) is 39.7 Å². The van der Waals surface area contributed by atoms with E-state index in [9.17, 15) is 4.79 Å². The molecule has 0 spiro atoms. The molecule has 1 aliphatic heterocycles. The van der Waals surface area contributed by atoms with Gasteiger partial charge in [-0.1, -0.05) is 6.07 Å². The maximum absolute atomic E-state index is 12.3. The Balaban J connectivity index is 1.55. The quantitative estimate of drug-likeness (QED) is 0.766. The molecular weight excluding hydrogens is 362 g/mol. The molecular formula is C20H27N3O3S. The molecule has 27 heavy (non-hydrogen) atoms. The first kappa shape index (κ1) is 19.6. The summed E-state index contributed by atoms with van der Waals surface area (Å²) in [6.45, 7) is 8.24. The second kappa shape index (κ2) is 9.19. The van der Waals surface area contributed by atoms with Gasteiger partial charge in [-0.15, -0.1) is 11.3 Å². The zero-order valence-electron chi connectivity index (χ0n) is 16.1. The topological polar surface area (TPSA) is 72.5 Å². The standard InChI is InChI=1S/C20H27N3O3S/c1-13-4-5-17(10-18(13)26-12-16-6-8-25-9-7-16)23-20(24)22-15(3)19-21-11-14(2)27-19/h4-5,10-11,15-16H,6-9,12H2,1-3H3,(H2,22,23,24). The summed E-state index contributed by atoms with van der Waals surface area (Å²) in [5.41, 5.74) is 1.77. The lowest BCUT2D eigenvalue weighted by molar-refractivity contribution is 0.0496. The molecule has 0 saturated carbocycles. The van der Waals surface area contributed by atoms with E-state index in [2.05, 4.69) is 15.6 Å². The van der Waals surface area contributed by atoms with E-state index >= 15 is 0 Å². The monoisotopic (exact) mass is 389 g/mol. The molecule has 1 aromatic heterocycles. The molecule has 1 unspecified atom stereocenters. The Morgan fingerprint density at radius 1 is 1.37 bits per heavy atom. The molecule has 6 nitrogen and oxygen atoms in total. The predicted octanol–water partition coefficient (Wildman–Crippen LogP) is 4.45. The zero-order chi connectivity index (χ0) is 19.2. The van der Waals surface area contributed by atoms with Crippen molar-refractivity contribution in [1.29, 1.82) is 0 Å². The number of hydrogen-bond donors (Lipinski definition) is 2. The summed E-state index contributed by atoms with van der Waals surface area (Å²) in [5, 5.41) is 6.70. The normalized spacial score (nSPS) is 16.0. The van der Waals surface area contributed by atoms with Crippen molar-refractivity contribution in [2.24, 2.45) is 5.92 Å². The average Bonchev–Trinajstić information content (AvgIpc) is 3.09. The van der Waals surface area contributed by atoms with Crippen molar-refractivity contribution in [3.05, 3.63) is 39.8 Å². The van der Waals surface area contributed by atoms with Gasteiger partial charge in [0.1, 0.15) is 10.8 Å². The summed E-state index contributed by atoms with van der Waals surface area (Å²) < 4.78 is 11.4. The Kier molecular flexibility index (Phi) is 6.68. The van der Waals surface area contributed by atoms with Crippen LogP contribution in [0.4, 0.5) is 10.5 Å². The van der Waals surface area contributed by atoms with Crippen LogP contribution in [0.1, 0.15) is 41.3 Å². The smallest absolute Gasteiger partial charge is 0.319 e. The molecule has 3 rings (SSSR count). The highest BCUT2D eigenvalue weighted by atomic mass is 32.1. The Morgan fingerprint density at radius 2 is 2.15 bits per heavy atom. The molecule has 2 amide bonds. The second-order valence-electron chi connectivity index (χ2n) is 6.98. The van der Waals surface area contributed by atoms with Crippen LogP contribution in [0.15, 0.2) is 24.4 Å². The Bertz CT molecular complexity index is 772. The molecule has 0 radical (unpaired) electrons. The number of anilines is 1. The lowest BCUT2D eigenvalue weighted by Crippen LogP contribution is -2.31. The highest BCUT2D eigenvalue weighted by Crippen LogP contribution is 2.25. The van der Waals surface area contributed by atoms with Crippen molar-refractivity contribution in [1.82, 2.24) is 10.3 Å². The summed E-state index contributed by atoms with van der Waals surface area (Å²) in [6, 6.07) is 5.33. The predicted molar refractivity (Wildman–Crippen MR) is 108 cm³/mol. The fourth-order valence-corrected chi connectivity index (χ4v) is 3.73. The number of benzene rings is 1. The van der Waals surface area contributed by atoms with Gasteiger partial charge in [0.2, 0.25) is 0 Å². The first-order valence-corrected chi connectivity index (χ1v) is 10.1. The van der Waals surface area contributed by atoms with Gasteiger partial charge in [-0.05, 0) is 51.2 Å². The van der Waals surface area contributed by atoms with Gasteiger partial charge in [0.05, 0.1) is 12.6 Å². The average molecular weight is 390 g/mol. The van der Waals surface area contributed by atoms with Gasteiger partial charge in [-0.2, -0.15) is 0 Å². The van der Waals surface area contributed by atoms with Gasteiger partial charge in [0.15, 0.2) is 0 Å². The van der Waals surface area contributed by atoms with Crippen LogP contribution in [-0.2, 0) is 4.74 Å². The Hall–Kier alpha value is -2.12. The van der Waals surface area contributed by atoms with Crippen LogP contribution in [-0.4, -0.2) is 30.8 Å². The minimum absolute atomic E-state index is 0.140. The van der Waals surface area contributed by atoms with E-state index in [-0.39, 0.29) is 12.1 Å². The van der Waals surface area contributed by atoms with Gasteiger partial charge in [0, 0.05) is 36.0 Å². The molecule has 1 fully saturated rings. The van der Waals surface area contributed by atoms with Crippen molar-refractivity contribution in [3.63, 3.8) is 0 Å². The van der Waals surface area contributed by atoms with Gasteiger partial charge in [0.25, 0.3) is 0 Å². The van der Waals surface area contributed by atoms with Gasteiger partial charge < -0.3 is 20.1 Å². The van der Waals surface area contributed by atoms with E-state index in [0.717, 1.165) is 47.3 Å². The minimum Gasteiger partial charge on any atom is -0.493 e. The van der Waals surface area contributed by atoms with Crippen LogP contribution >= 0.6 is 11.3 Å². The molecule has 1 atom stereocenters. The van der Waals surface area contributed by atoms with Gasteiger partial charge >= 0.3 is 6.03 Å². The third-order valence-electron chi connectivity index (χ3n) is 4.62. The summed E-state index contributed by atoms with van der Waals surface area (Å²) >= 11 is 1.59. The van der Waals surface area contributed by atoms with Gasteiger partial charge in [-0.25, -0.2) is 9.78 Å². The molecule has 0 bridgehead atoms. The van der Waals surface area contributed by atoms with Crippen LogP contribution in [0.5, 0.6) is 5.75 Å². The Labute approximate surface area is 164 Å². The highest BCUT2D eigenvalue weighted by molar-refractivity contribution is 7.11. The molecule has 1 aromatic carbocycles. The third-order valence-corrected chi connectivity index (χ3v) is 5.71. The number of carbonyl (C=O) groups excluding carboxylic acids is 1. The van der Waals surface area contributed by atoms with Crippen molar-refractivity contribution >= 4 is 23.1 Å². The van der Waals surface area contributed by atoms with Crippen molar-refractivity contribution in [3.8, 4) is 5.75 Å². The summed E-state index contributed by atoms with van der Waals surface area (Å²) in [4.78, 5) is 17.8. The first-order chi connectivity index (χ1) is 13.0. The Morgan fingerprint density at radius 3 is 2.85 bits per heavy atom. The molecule has 146 valence electrons. The lowest BCUT2D eigenvalue weighted by atomic mass is 10.0. The van der Waals surface area contributed by atoms with E-state index in [1.54, 1.807) is 11.3 Å². The van der Waals surface area contributed by atoms with E-state index in [4.69, 9.17) is 9.47 Å². The third kappa shape index (κ3) is 5.68. The maximum Gasteiger partial charge on any atom is 0.319 e. The fourth-order valence-electron chi connectivity index (χ4n) is 2.95. The van der Waals surface area contributed by atoms with Crippen LogP contribution < -0.4 is 15.4 Å². The number of ether oxygens (including phenoxy) is 2. The molecule has 2 heterocycles. The number of amides is 2. The van der Waals surface area contributed by atoms with E-state index in [1.165, 1.54) is 0 Å². The molecule has 2 aromatic rings. The number of aromatic nitrogens is 1. The molecule has 1 aliphatic rings. The number of rotatable bonds is 6. The van der Waals surface area contributed by atoms with Crippen molar-refractivity contribution < 1.29 is 14.3 Å². The van der Waals surface area contributed by atoms with Gasteiger partial charge in [-0.3, -0.25) is 0 Å². The van der Waals surface area contributed by atoms with E-state index in [1.807, 2.05) is 45.2 Å². The molecule has 0 aliphatic carbocycles. The zero-order valence-corrected chi connectivity index (χ0v) is 16.9. The fraction of sp³-hybridized carbons (Fsp3) is 0.500. The highest BCUT2D eigenvalue weighted by Gasteiger charge is 2.16. The lowest BCUT2D eigenvalue weighted by Gasteiger charge is -2.22. The van der Waals surface area contributed by atoms with E-state index in [0.29, 0.717) is 18.2 Å².